The van der Waals surface area contributed by atoms with Crippen LogP contribution in [0.1, 0.15) is 9.67 Å². The Hall–Kier alpha value is -0.620. The third-order valence-corrected chi connectivity index (χ3v) is 4.48. The molecule has 2 rings (SSSR count). The zero-order valence-electron chi connectivity index (χ0n) is 7.41. The summed E-state index contributed by atoms with van der Waals surface area (Å²) in [6.07, 6.45) is 0.882. The fourth-order valence-electron chi connectivity index (χ4n) is 1.29. The molecule has 0 fully saturated rings. The lowest BCUT2D eigenvalue weighted by Crippen LogP contribution is -1.85. The summed E-state index contributed by atoms with van der Waals surface area (Å²) in [5, 5.41) is 1.10. The molecule has 0 amide bonds. The topological polar surface area (TPSA) is 26.3 Å². The number of carbonyl (C=O) groups is 1. The number of hydrogen-bond donors (Lipinski definition) is 0. The summed E-state index contributed by atoms with van der Waals surface area (Å²) in [7, 11) is 1.65. The molecule has 14 heavy (non-hydrogen) atoms. The van der Waals surface area contributed by atoms with Gasteiger partial charge in [-0.3, -0.25) is 4.79 Å². The molecule has 0 spiro atoms. The summed E-state index contributed by atoms with van der Waals surface area (Å²) in [5.74, 6) is 0.859. The highest BCUT2D eigenvalue weighted by molar-refractivity contribution is 14.1. The minimum absolute atomic E-state index is 0.756. The number of fused-ring (bicyclic) bond motifs is 1. The van der Waals surface area contributed by atoms with E-state index in [9.17, 15) is 4.79 Å². The average molecular weight is 318 g/mol. The van der Waals surface area contributed by atoms with E-state index in [-0.39, 0.29) is 0 Å². The Morgan fingerprint density at radius 3 is 2.93 bits per heavy atom. The van der Waals surface area contributed by atoms with Crippen LogP contribution >= 0.6 is 33.9 Å². The molecule has 1 aromatic carbocycles. The highest BCUT2D eigenvalue weighted by Crippen LogP contribution is 2.34. The first-order chi connectivity index (χ1) is 6.76. The summed E-state index contributed by atoms with van der Waals surface area (Å²) in [5.41, 5.74) is 0. The Kier molecular flexibility index (Phi) is 2.73. The first kappa shape index (κ1) is 9.92. The van der Waals surface area contributed by atoms with Crippen molar-refractivity contribution in [2.45, 2.75) is 0 Å². The number of rotatable bonds is 2. The molecule has 1 aromatic heterocycles. The molecule has 0 aliphatic heterocycles. The Morgan fingerprint density at radius 1 is 1.50 bits per heavy atom. The molecule has 0 aliphatic rings. The zero-order valence-corrected chi connectivity index (χ0v) is 10.4. The van der Waals surface area contributed by atoms with Crippen LogP contribution in [-0.4, -0.2) is 13.4 Å². The van der Waals surface area contributed by atoms with Gasteiger partial charge < -0.3 is 4.74 Å². The van der Waals surface area contributed by atoms with Gasteiger partial charge in [0.25, 0.3) is 0 Å². The van der Waals surface area contributed by atoms with E-state index in [2.05, 4.69) is 22.6 Å². The van der Waals surface area contributed by atoms with Gasteiger partial charge in [-0.15, -0.1) is 11.3 Å². The number of halogens is 1. The molecule has 0 saturated carbocycles. The molecule has 1 heterocycles. The van der Waals surface area contributed by atoms with Crippen LogP contribution in [0.3, 0.4) is 0 Å². The van der Waals surface area contributed by atoms with Crippen molar-refractivity contribution in [2.24, 2.45) is 0 Å². The average Bonchev–Trinajstić information content (AvgIpc) is 2.62. The molecular weight excluding hydrogens is 311 g/mol. The van der Waals surface area contributed by atoms with Gasteiger partial charge in [-0.25, -0.2) is 0 Å². The quantitative estimate of drug-likeness (QED) is 0.627. The van der Waals surface area contributed by atoms with Crippen molar-refractivity contribution in [3.8, 4) is 5.75 Å². The van der Waals surface area contributed by atoms with Gasteiger partial charge in [0.2, 0.25) is 0 Å². The number of benzene rings is 1. The van der Waals surface area contributed by atoms with Gasteiger partial charge in [0, 0.05) is 0 Å². The van der Waals surface area contributed by atoms with Gasteiger partial charge in [0.05, 0.1) is 20.3 Å². The van der Waals surface area contributed by atoms with E-state index in [0.717, 1.165) is 30.6 Å². The van der Waals surface area contributed by atoms with Crippen molar-refractivity contribution in [3.63, 3.8) is 0 Å². The maximum Gasteiger partial charge on any atom is 0.160 e. The SMILES string of the molecule is COc1ccc2cc(C=O)sc2c1I. The predicted octanol–water partition coefficient (Wildman–Crippen LogP) is 3.33. The van der Waals surface area contributed by atoms with Crippen LogP contribution in [-0.2, 0) is 0 Å². The molecule has 0 atom stereocenters. The standard InChI is InChI=1S/C10H7IO2S/c1-13-8-3-2-6-4-7(5-12)14-10(6)9(8)11/h2-5H,1H3. The molecule has 2 aromatic rings. The smallest absolute Gasteiger partial charge is 0.160 e. The highest BCUT2D eigenvalue weighted by atomic mass is 127. The molecule has 2 nitrogen and oxygen atoms in total. The molecule has 0 radical (unpaired) electrons. The van der Waals surface area contributed by atoms with Crippen LogP contribution in [0.2, 0.25) is 0 Å². The lowest BCUT2D eigenvalue weighted by Gasteiger charge is -2.02. The van der Waals surface area contributed by atoms with Crippen LogP contribution < -0.4 is 4.74 Å². The van der Waals surface area contributed by atoms with E-state index in [1.54, 1.807) is 7.11 Å². The lowest BCUT2D eigenvalue weighted by molar-refractivity contribution is 0.112. The number of thiophene rings is 1. The number of carbonyl (C=O) groups excluding carboxylic acids is 1. The van der Waals surface area contributed by atoms with Crippen LogP contribution in [0.4, 0.5) is 0 Å². The monoisotopic (exact) mass is 318 g/mol. The van der Waals surface area contributed by atoms with Crippen LogP contribution in [0.15, 0.2) is 18.2 Å². The number of hydrogen-bond acceptors (Lipinski definition) is 3. The van der Waals surface area contributed by atoms with Crippen LogP contribution in [0, 0.1) is 3.57 Å². The minimum atomic E-state index is 0.756. The number of ether oxygens (including phenoxy) is 1. The third-order valence-electron chi connectivity index (χ3n) is 1.95. The van der Waals surface area contributed by atoms with Crippen molar-refractivity contribution in [1.82, 2.24) is 0 Å². The summed E-state index contributed by atoms with van der Waals surface area (Å²) >= 11 is 3.74. The van der Waals surface area contributed by atoms with Gasteiger partial charge >= 0.3 is 0 Å². The van der Waals surface area contributed by atoms with Crippen molar-refractivity contribution < 1.29 is 9.53 Å². The Labute approximate surface area is 99.0 Å². The Bertz CT molecular complexity index is 490. The summed E-state index contributed by atoms with van der Waals surface area (Å²) in [6.45, 7) is 0. The second-order valence-corrected chi connectivity index (χ2v) is 4.93. The largest absolute Gasteiger partial charge is 0.496 e. The predicted molar refractivity (Wildman–Crippen MR) is 66.5 cm³/mol. The van der Waals surface area contributed by atoms with Gasteiger partial charge in [-0.1, -0.05) is 0 Å². The van der Waals surface area contributed by atoms with Crippen LogP contribution in [0.5, 0.6) is 5.75 Å². The van der Waals surface area contributed by atoms with Crippen molar-refractivity contribution in [1.29, 1.82) is 0 Å². The maximum absolute atomic E-state index is 10.6. The fourth-order valence-corrected chi connectivity index (χ4v) is 3.23. The first-order valence-electron chi connectivity index (χ1n) is 3.97. The van der Waals surface area contributed by atoms with Gasteiger partial charge in [-0.05, 0) is 46.2 Å². The summed E-state index contributed by atoms with van der Waals surface area (Å²) < 4.78 is 7.39. The van der Waals surface area contributed by atoms with E-state index in [0.29, 0.717) is 0 Å². The first-order valence-corrected chi connectivity index (χ1v) is 5.87. The number of aldehydes is 1. The molecule has 0 saturated heterocycles. The van der Waals surface area contributed by atoms with E-state index >= 15 is 0 Å². The molecule has 72 valence electrons. The molecular formula is C10H7IO2S. The van der Waals surface area contributed by atoms with E-state index in [4.69, 9.17) is 4.74 Å². The summed E-state index contributed by atoms with van der Waals surface area (Å²) in [4.78, 5) is 11.4. The van der Waals surface area contributed by atoms with Crippen molar-refractivity contribution in [2.75, 3.05) is 7.11 Å². The fraction of sp³-hybridized carbons (Fsp3) is 0.100. The van der Waals surface area contributed by atoms with Crippen molar-refractivity contribution in [3.05, 3.63) is 26.6 Å². The lowest BCUT2D eigenvalue weighted by atomic mass is 10.2. The van der Waals surface area contributed by atoms with Gasteiger partial charge in [0.1, 0.15) is 5.75 Å². The van der Waals surface area contributed by atoms with E-state index < -0.39 is 0 Å². The Balaban J connectivity index is 2.74. The zero-order chi connectivity index (χ0) is 10.1. The second kappa shape index (κ2) is 3.86. The maximum atomic E-state index is 10.6. The minimum Gasteiger partial charge on any atom is -0.496 e. The van der Waals surface area contributed by atoms with Crippen molar-refractivity contribution >= 4 is 50.3 Å². The molecule has 0 N–H and O–H groups in total. The molecule has 0 unspecified atom stereocenters. The summed E-state index contributed by atoms with van der Waals surface area (Å²) in [6, 6.07) is 5.79. The second-order valence-electron chi connectivity index (χ2n) is 2.77. The highest BCUT2D eigenvalue weighted by Gasteiger charge is 2.08. The molecule has 4 heteroatoms. The molecule has 0 aliphatic carbocycles. The van der Waals surface area contributed by atoms with Crippen LogP contribution in [0.25, 0.3) is 10.1 Å². The normalized spacial score (nSPS) is 10.4. The van der Waals surface area contributed by atoms with Gasteiger partial charge in [-0.2, -0.15) is 0 Å². The van der Waals surface area contributed by atoms with E-state index in [1.807, 2.05) is 18.2 Å². The van der Waals surface area contributed by atoms with Gasteiger partial charge in [0.15, 0.2) is 6.29 Å². The molecule has 0 bridgehead atoms. The Morgan fingerprint density at radius 2 is 2.29 bits per heavy atom. The third kappa shape index (κ3) is 1.52. The van der Waals surface area contributed by atoms with E-state index in [1.165, 1.54) is 11.3 Å². The number of methoxy groups -OCH3 is 1.